The van der Waals surface area contributed by atoms with Crippen LogP contribution in [0.5, 0.6) is 0 Å². The number of piperazine rings is 1. The first-order valence-corrected chi connectivity index (χ1v) is 11.2. The number of rotatable bonds is 5. The third kappa shape index (κ3) is 4.95. The largest absolute Gasteiger partial charge is 0.416 e. The van der Waals surface area contributed by atoms with Crippen molar-refractivity contribution in [2.75, 3.05) is 29.9 Å². The molecule has 2 aromatic carbocycles. The summed E-state index contributed by atoms with van der Waals surface area (Å²) >= 11 is 0. The number of benzene rings is 2. The van der Waals surface area contributed by atoms with Crippen LogP contribution in [0.1, 0.15) is 15.9 Å². The summed E-state index contributed by atoms with van der Waals surface area (Å²) in [4.78, 5) is 24.0. The van der Waals surface area contributed by atoms with Gasteiger partial charge in [0.2, 0.25) is 0 Å². The molecule has 1 unspecified atom stereocenters. The molecule has 0 radical (unpaired) electrons. The van der Waals surface area contributed by atoms with Crippen molar-refractivity contribution in [3.8, 4) is 0 Å². The first-order chi connectivity index (χ1) is 16.9. The van der Waals surface area contributed by atoms with E-state index in [0.29, 0.717) is 35.5 Å². The monoisotopic (exact) mass is 477 g/mol. The van der Waals surface area contributed by atoms with Crippen LogP contribution < -0.4 is 15.5 Å². The van der Waals surface area contributed by atoms with Gasteiger partial charge in [-0.2, -0.15) is 13.2 Å². The summed E-state index contributed by atoms with van der Waals surface area (Å²) < 4.78 is 39.1. The van der Waals surface area contributed by atoms with Crippen LogP contribution in [0.3, 0.4) is 0 Å². The van der Waals surface area contributed by atoms with E-state index in [-0.39, 0.29) is 17.3 Å². The van der Waals surface area contributed by atoms with Gasteiger partial charge in [-0.25, -0.2) is 9.97 Å². The fourth-order valence-corrected chi connectivity index (χ4v) is 4.16. The van der Waals surface area contributed by atoms with Gasteiger partial charge in [0.1, 0.15) is 17.7 Å². The molecule has 2 N–H and O–H groups in total. The number of alkyl halides is 3. The second kappa shape index (κ2) is 9.34. The third-order valence-corrected chi connectivity index (χ3v) is 5.95. The van der Waals surface area contributed by atoms with Crippen LogP contribution in [-0.4, -0.2) is 41.4 Å². The van der Waals surface area contributed by atoms with Gasteiger partial charge in [0, 0.05) is 42.5 Å². The number of hydrogen-bond donors (Lipinski definition) is 2. The zero-order valence-electron chi connectivity index (χ0n) is 18.6. The number of anilines is 3. The summed E-state index contributed by atoms with van der Waals surface area (Å²) in [5.74, 6) is 1.16. The van der Waals surface area contributed by atoms with Gasteiger partial charge in [-0.15, -0.1) is 0 Å². The van der Waals surface area contributed by atoms with Crippen LogP contribution in [0.4, 0.5) is 30.5 Å². The molecule has 6 nitrogen and oxygen atoms in total. The SMILES string of the molecule is O=C(c1ccc(Nc2ccc3ccc(C(F)(F)F)cc3n2)cc1)C1CNCCN1c1ccccn1. The highest BCUT2D eigenvalue weighted by molar-refractivity contribution is 6.02. The standard InChI is InChI=1S/C26H22F3N5O/c27-26(28,29)19-8-4-17-7-11-23(33-21(17)15-19)32-20-9-5-18(6-10-20)25(35)22-16-30-13-14-34(22)24-3-1-2-12-31-24/h1-12,15,22,30H,13-14,16H2,(H,32,33). The summed E-state index contributed by atoms with van der Waals surface area (Å²) in [6.07, 6.45) is -2.72. The molecule has 9 heteroatoms. The minimum atomic E-state index is -4.43. The van der Waals surface area contributed by atoms with Gasteiger partial charge >= 0.3 is 6.18 Å². The van der Waals surface area contributed by atoms with E-state index in [0.717, 1.165) is 24.5 Å². The molecule has 178 valence electrons. The molecule has 0 aliphatic carbocycles. The zero-order valence-corrected chi connectivity index (χ0v) is 18.6. The number of nitrogens with one attached hydrogen (secondary N) is 2. The minimum absolute atomic E-state index is 0.0158. The van der Waals surface area contributed by atoms with Crippen molar-refractivity contribution >= 4 is 34.0 Å². The Morgan fingerprint density at radius 1 is 1.03 bits per heavy atom. The van der Waals surface area contributed by atoms with Crippen molar-refractivity contribution in [2.24, 2.45) is 0 Å². The number of pyridine rings is 2. The third-order valence-electron chi connectivity index (χ3n) is 5.95. The van der Waals surface area contributed by atoms with E-state index in [1.807, 2.05) is 23.1 Å². The van der Waals surface area contributed by atoms with E-state index >= 15 is 0 Å². The van der Waals surface area contributed by atoms with E-state index in [1.165, 1.54) is 6.07 Å². The number of hydrogen-bond acceptors (Lipinski definition) is 6. The fraction of sp³-hybridized carbons (Fsp3) is 0.192. The van der Waals surface area contributed by atoms with Crippen LogP contribution in [0.2, 0.25) is 0 Å². The normalized spacial score (nSPS) is 16.3. The quantitative estimate of drug-likeness (QED) is 0.392. The number of aromatic nitrogens is 2. The molecule has 1 fully saturated rings. The van der Waals surface area contributed by atoms with E-state index in [2.05, 4.69) is 20.6 Å². The number of nitrogens with zero attached hydrogens (tertiary/aromatic N) is 3. The molecule has 0 bridgehead atoms. The van der Waals surface area contributed by atoms with Gasteiger partial charge in [0.25, 0.3) is 0 Å². The fourth-order valence-electron chi connectivity index (χ4n) is 4.16. The van der Waals surface area contributed by atoms with Crippen LogP contribution in [0.25, 0.3) is 10.9 Å². The molecule has 1 aliphatic rings. The molecular weight excluding hydrogens is 455 g/mol. The molecule has 0 spiro atoms. The maximum atomic E-state index is 13.3. The lowest BCUT2D eigenvalue weighted by Gasteiger charge is -2.36. The van der Waals surface area contributed by atoms with E-state index < -0.39 is 11.7 Å². The highest BCUT2D eigenvalue weighted by Crippen LogP contribution is 2.31. The maximum absolute atomic E-state index is 13.3. The number of halogens is 3. The second-order valence-corrected chi connectivity index (χ2v) is 8.27. The van der Waals surface area contributed by atoms with Gasteiger partial charge in [0.15, 0.2) is 5.78 Å². The van der Waals surface area contributed by atoms with Gasteiger partial charge in [-0.3, -0.25) is 4.79 Å². The Bertz CT molecular complexity index is 1340. The highest BCUT2D eigenvalue weighted by Gasteiger charge is 2.31. The Labute approximate surface area is 199 Å². The molecule has 0 saturated carbocycles. The van der Waals surface area contributed by atoms with Crippen LogP contribution in [-0.2, 0) is 6.18 Å². The van der Waals surface area contributed by atoms with Crippen LogP contribution >= 0.6 is 0 Å². The van der Waals surface area contributed by atoms with Crippen molar-refractivity contribution in [1.82, 2.24) is 15.3 Å². The Morgan fingerprint density at radius 2 is 1.83 bits per heavy atom. The Morgan fingerprint density at radius 3 is 2.57 bits per heavy atom. The summed E-state index contributed by atoms with van der Waals surface area (Å²) in [6.45, 7) is 1.97. The minimum Gasteiger partial charge on any atom is -0.344 e. The smallest absolute Gasteiger partial charge is 0.344 e. The van der Waals surface area contributed by atoms with Crippen molar-refractivity contribution < 1.29 is 18.0 Å². The molecule has 4 aromatic rings. The Hall–Kier alpha value is -3.98. The number of carbonyl (C=O) groups is 1. The number of fused-ring (bicyclic) bond motifs is 1. The molecule has 1 atom stereocenters. The first kappa shape index (κ1) is 22.8. The molecule has 3 heterocycles. The van der Waals surface area contributed by atoms with E-state index in [4.69, 9.17) is 0 Å². The molecular formula is C26H22F3N5O. The lowest BCUT2D eigenvalue weighted by Crippen LogP contribution is -2.55. The first-order valence-electron chi connectivity index (χ1n) is 11.2. The van der Waals surface area contributed by atoms with Gasteiger partial charge < -0.3 is 15.5 Å². The van der Waals surface area contributed by atoms with Crippen molar-refractivity contribution in [2.45, 2.75) is 12.2 Å². The maximum Gasteiger partial charge on any atom is 0.416 e. The zero-order chi connectivity index (χ0) is 24.4. The molecule has 5 rings (SSSR count). The summed E-state index contributed by atoms with van der Waals surface area (Å²) in [5.41, 5.74) is 0.737. The topological polar surface area (TPSA) is 70.2 Å². The molecule has 1 aliphatic heterocycles. The average Bonchev–Trinajstić information content (AvgIpc) is 2.88. The Kier molecular flexibility index (Phi) is 6.08. The molecule has 35 heavy (non-hydrogen) atoms. The van der Waals surface area contributed by atoms with E-state index in [9.17, 15) is 18.0 Å². The molecule has 2 aromatic heterocycles. The van der Waals surface area contributed by atoms with Crippen molar-refractivity contribution in [3.63, 3.8) is 0 Å². The average molecular weight is 477 g/mol. The lowest BCUT2D eigenvalue weighted by molar-refractivity contribution is -0.137. The number of carbonyl (C=O) groups excluding carboxylic acids is 1. The molecule has 1 saturated heterocycles. The summed E-state index contributed by atoms with van der Waals surface area (Å²) in [6, 6.07) is 19.1. The second-order valence-electron chi connectivity index (χ2n) is 8.27. The van der Waals surface area contributed by atoms with Gasteiger partial charge in [0.05, 0.1) is 11.1 Å². The summed E-state index contributed by atoms with van der Waals surface area (Å²) in [7, 11) is 0. The highest BCUT2D eigenvalue weighted by atomic mass is 19.4. The van der Waals surface area contributed by atoms with Gasteiger partial charge in [-0.1, -0.05) is 12.1 Å². The number of ketones is 1. The van der Waals surface area contributed by atoms with Crippen LogP contribution in [0.15, 0.2) is 79.0 Å². The van der Waals surface area contributed by atoms with Crippen LogP contribution in [0, 0.1) is 0 Å². The predicted molar refractivity (Wildman–Crippen MR) is 129 cm³/mol. The van der Waals surface area contributed by atoms with E-state index in [1.54, 1.807) is 42.6 Å². The Balaban J connectivity index is 1.33. The molecule has 0 amide bonds. The van der Waals surface area contributed by atoms with Crippen molar-refractivity contribution in [1.29, 1.82) is 0 Å². The van der Waals surface area contributed by atoms with Gasteiger partial charge in [-0.05, 0) is 60.7 Å². The predicted octanol–water partition coefficient (Wildman–Crippen LogP) is 5.05. The lowest BCUT2D eigenvalue weighted by atomic mass is 10.0. The summed E-state index contributed by atoms with van der Waals surface area (Å²) in [5, 5.41) is 6.99. The number of Topliss-reactive ketones (excluding diaryl/α,β-unsaturated/α-hetero) is 1. The van der Waals surface area contributed by atoms with Crippen molar-refractivity contribution in [3.05, 3.63) is 90.1 Å².